The van der Waals surface area contributed by atoms with Crippen molar-refractivity contribution in [3.05, 3.63) is 64.1 Å². The Morgan fingerprint density at radius 2 is 1.90 bits per heavy atom. The second-order valence-electron chi connectivity index (χ2n) is 6.96. The Morgan fingerprint density at radius 1 is 1.13 bits per heavy atom. The van der Waals surface area contributed by atoms with Gasteiger partial charge in [-0.2, -0.15) is 5.10 Å². The molecular weight excluding hydrogens is 402 g/mol. The maximum Gasteiger partial charge on any atom is 0.359 e. The van der Waals surface area contributed by atoms with Crippen molar-refractivity contribution in [2.75, 3.05) is 13.4 Å². The summed E-state index contributed by atoms with van der Waals surface area (Å²) in [6, 6.07) is 12.1. The number of ether oxygens (including phenoxy) is 3. The number of rotatable bonds is 7. The molecule has 9 nitrogen and oxygen atoms in total. The first-order chi connectivity index (χ1) is 15.1. The number of esters is 1. The first kappa shape index (κ1) is 20.4. The van der Waals surface area contributed by atoms with E-state index < -0.39 is 18.5 Å². The summed E-state index contributed by atoms with van der Waals surface area (Å²) in [5, 5.41) is 7.63. The molecule has 1 amide bonds. The van der Waals surface area contributed by atoms with E-state index in [0.29, 0.717) is 35.2 Å². The highest BCUT2D eigenvalue weighted by atomic mass is 16.7. The molecule has 1 aliphatic rings. The zero-order chi connectivity index (χ0) is 21.8. The standard InChI is InChI=1S/C22H21N3O6/c1-2-9-25-21(27)16-6-4-3-5-15(16)20(24-25)22(28)29-12-19(26)23-11-14-7-8-17-18(10-14)31-13-30-17/h3-8,10H,2,9,11-13H2,1H3,(H,23,26). The van der Waals surface area contributed by atoms with E-state index in [2.05, 4.69) is 10.4 Å². The zero-order valence-corrected chi connectivity index (χ0v) is 16.9. The van der Waals surface area contributed by atoms with Crippen molar-refractivity contribution >= 4 is 22.6 Å². The summed E-state index contributed by atoms with van der Waals surface area (Å²) in [4.78, 5) is 37.3. The van der Waals surface area contributed by atoms with Crippen LogP contribution in [0.4, 0.5) is 0 Å². The lowest BCUT2D eigenvalue weighted by atomic mass is 10.1. The molecule has 0 spiro atoms. The van der Waals surface area contributed by atoms with E-state index >= 15 is 0 Å². The number of aryl methyl sites for hydroxylation is 1. The predicted octanol–water partition coefficient (Wildman–Crippen LogP) is 2.01. The zero-order valence-electron chi connectivity index (χ0n) is 16.9. The van der Waals surface area contributed by atoms with Gasteiger partial charge >= 0.3 is 5.97 Å². The Bertz CT molecular complexity index is 1200. The highest BCUT2D eigenvalue weighted by molar-refractivity contribution is 6.02. The van der Waals surface area contributed by atoms with Crippen LogP contribution >= 0.6 is 0 Å². The monoisotopic (exact) mass is 423 g/mol. The lowest BCUT2D eigenvalue weighted by molar-refractivity contribution is -0.124. The smallest absolute Gasteiger partial charge is 0.359 e. The third kappa shape index (κ3) is 4.35. The van der Waals surface area contributed by atoms with Crippen LogP contribution in [0.2, 0.25) is 0 Å². The maximum atomic E-state index is 12.6. The Kier molecular flexibility index (Phi) is 5.83. The number of carbonyl (C=O) groups is 2. The van der Waals surface area contributed by atoms with Gasteiger partial charge < -0.3 is 19.5 Å². The average Bonchev–Trinajstić information content (AvgIpc) is 3.26. The molecule has 9 heteroatoms. The molecule has 0 radical (unpaired) electrons. The third-order valence-electron chi connectivity index (χ3n) is 4.76. The van der Waals surface area contributed by atoms with Crippen molar-refractivity contribution in [2.24, 2.45) is 0 Å². The lowest BCUT2D eigenvalue weighted by Crippen LogP contribution is -2.30. The fourth-order valence-corrected chi connectivity index (χ4v) is 3.25. The van der Waals surface area contributed by atoms with Gasteiger partial charge in [0, 0.05) is 18.5 Å². The molecule has 2 aromatic carbocycles. The first-order valence-corrected chi connectivity index (χ1v) is 9.89. The Balaban J connectivity index is 1.41. The fraction of sp³-hybridized carbons (Fsp3) is 0.273. The second-order valence-corrected chi connectivity index (χ2v) is 6.96. The molecule has 0 bridgehead atoms. The quantitative estimate of drug-likeness (QED) is 0.579. The summed E-state index contributed by atoms with van der Waals surface area (Å²) in [6.45, 7) is 2.24. The van der Waals surface area contributed by atoms with Gasteiger partial charge in [0.25, 0.3) is 11.5 Å². The van der Waals surface area contributed by atoms with Gasteiger partial charge in [0.2, 0.25) is 6.79 Å². The van der Waals surface area contributed by atoms with Crippen molar-refractivity contribution in [1.29, 1.82) is 0 Å². The van der Waals surface area contributed by atoms with Crippen LogP contribution < -0.4 is 20.3 Å². The highest BCUT2D eigenvalue weighted by Gasteiger charge is 2.19. The molecule has 0 unspecified atom stereocenters. The summed E-state index contributed by atoms with van der Waals surface area (Å²) >= 11 is 0. The van der Waals surface area contributed by atoms with Crippen LogP contribution in [0.15, 0.2) is 47.3 Å². The van der Waals surface area contributed by atoms with Crippen LogP contribution in [-0.4, -0.2) is 35.1 Å². The van der Waals surface area contributed by atoms with Crippen molar-refractivity contribution in [2.45, 2.75) is 26.4 Å². The Labute approximate surface area is 177 Å². The molecule has 0 fully saturated rings. The SMILES string of the molecule is CCCn1nc(C(=O)OCC(=O)NCc2ccc3c(c2)OCO3)c2ccccc2c1=O. The van der Waals surface area contributed by atoms with Crippen LogP contribution in [0, 0.1) is 0 Å². The summed E-state index contributed by atoms with van der Waals surface area (Å²) in [6.07, 6.45) is 0.683. The molecule has 1 aromatic heterocycles. The number of nitrogens with one attached hydrogen (secondary N) is 1. The number of nitrogens with zero attached hydrogens (tertiary/aromatic N) is 2. The van der Waals surface area contributed by atoms with Gasteiger partial charge in [-0.3, -0.25) is 9.59 Å². The Morgan fingerprint density at radius 3 is 2.71 bits per heavy atom. The van der Waals surface area contributed by atoms with Crippen LogP contribution in [0.1, 0.15) is 29.4 Å². The first-order valence-electron chi connectivity index (χ1n) is 9.89. The van der Waals surface area contributed by atoms with Crippen molar-refractivity contribution in [1.82, 2.24) is 15.1 Å². The number of hydrogen-bond donors (Lipinski definition) is 1. The summed E-state index contributed by atoms with van der Waals surface area (Å²) in [5.41, 5.74) is 0.561. The number of amides is 1. The van der Waals surface area contributed by atoms with Gasteiger partial charge in [0.1, 0.15) is 0 Å². The van der Waals surface area contributed by atoms with Gasteiger partial charge in [-0.15, -0.1) is 0 Å². The third-order valence-corrected chi connectivity index (χ3v) is 4.76. The summed E-state index contributed by atoms with van der Waals surface area (Å²) in [5.74, 6) is 0.0583. The van der Waals surface area contributed by atoms with Gasteiger partial charge in [-0.1, -0.05) is 31.2 Å². The van der Waals surface area contributed by atoms with E-state index in [1.807, 2.05) is 13.0 Å². The van der Waals surface area contributed by atoms with E-state index in [1.165, 1.54) is 4.68 Å². The van der Waals surface area contributed by atoms with Crippen LogP contribution in [0.5, 0.6) is 11.5 Å². The molecule has 4 rings (SSSR count). The number of aromatic nitrogens is 2. The van der Waals surface area contributed by atoms with E-state index in [0.717, 1.165) is 5.56 Å². The summed E-state index contributed by atoms with van der Waals surface area (Å²) < 4.78 is 17.0. The molecule has 0 aliphatic carbocycles. The fourth-order valence-electron chi connectivity index (χ4n) is 3.25. The van der Waals surface area contributed by atoms with E-state index in [1.54, 1.807) is 36.4 Å². The maximum absolute atomic E-state index is 12.6. The van der Waals surface area contributed by atoms with Crippen molar-refractivity contribution in [3.63, 3.8) is 0 Å². The molecule has 1 aliphatic heterocycles. The molecule has 0 atom stereocenters. The number of carbonyl (C=O) groups excluding carboxylic acids is 2. The molecule has 1 N–H and O–H groups in total. The van der Waals surface area contributed by atoms with E-state index in [4.69, 9.17) is 14.2 Å². The molecule has 0 saturated carbocycles. The van der Waals surface area contributed by atoms with Gasteiger partial charge in [0.15, 0.2) is 23.8 Å². The second kappa shape index (κ2) is 8.86. The minimum Gasteiger partial charge on any atom is -0.454 e. The predicted molar refractivity (Wildman–Crippen MR) is 111 cm³/mol. The average molecular weight is 423 g/mol. The minimum atomic E-state index is -0.765. The van der Waals surface area contributed by atoms with Gasteiger partial charge in [-0.25, -0.2) is 9.48 Å². The van der Waals surface area contributed by atoms with Crippen LogP contribution in [0.3, 0.4) is 0 Å². The molecule has 3 aromatic rings. The number of benzene rings is 2. The molecular formula is C22H21N3O6. The lowest BCUT2D eigenvalue weighted by Gasteiger charge is -2.10. The largest absolute Gasteiger partial charge is 0.454 e. The molecule has 160 valence electrons. The number of fused-ring (bicyclic) bond motifs is 2. The minimum absolute atomic E-state index is 0.00669. The van der Waals surface area contributed by atoms with Crippen LogP contribution in [0.25, 0.3) is 10.8 Å². The van der Waals surface area contributed by atoms with Gasteiger partial charge in [-0.05, 0) is 30.2 Å². The van der Waals surface area contributed by atoms with Crippen molar-refractivity contribution in [3.8, 4) is 11.5 Å². The summed E-state index contributed by atoms with van der Waals surface area (Å²) in [7, 11) is 0. The van der Waals surface area contributed by atoms with Crippen LogP contribution in [-0.2, 0) is 22.6 Å². The normalized spacial score (nSPS) is 12.0. The molecule has 2 heterocycles. The Hall–Kier alpha value is -3.88. The van der Waals surface area contributed by atoms with Crippen molar-refractivity contribution < 1.29 is 23.8 Å². The van der Waals surface area contributed by atoms with Gasteiger partial charge in [0.05, 0.1) is 5.39 Å². The molecule has 31 heavy (non-hydrogen) atoms. The molecule has 0 saturated heterocycles. The topological polar surface area (TPSA) is 109 Å². The highest BCUT2D eigenvalue weighted by Crippen LogP contribution is 2.32. The number of hydrogen-bond acceptors (Lipinski definition) is 7. The van der Waals surface area contributed by atoms with E-state index in [-0.39, 0.29) is 24.6 Å². The van der Waals surface area contributed by atoms with E-state index in [9.17, 15) is 14.4 Å².